The van der Waals surface area contributed by atoms with E-state index in [9.17, 15) is 0 Å². The van der Waals surface area contributed by atoms with Crippen molar-refractivity contribution in [2.75, 3.05) is 16.0 Å². The Morgan fingerprint density at radius 3 is 0.868 bits per heavy atom. The normalized spacial score (nSPS) is 13.4. The first kappa shape index (κ1) is 47.4. The summed E-state index contributed by atoms with van der Waals surface area (Å²) in [4.78, 5) is 12.9. The van der Waals surface area contributed by atoms with E-state index < -0.39 is 155 Å². The number of aromatic nitrogens is 4. The van der Waals surface area contributed by atoms with Crippen LogP contribution in [-0.4, -0.2) is 38.1 Å². The number of H-pyrrole nitrogens is 3. The first-order chi connectivity index (χ1) is 32.3. The fourth-order valence-corrected chi connectivity index (χ4v) is 7.92. The highest BCUT2D eigenvalue weighted by atomic mass is 19.2. The smallest absolute Gasteiger partial charge is 0.185 e. The summed E-state index contributed by atoms with van der Waals surface area (Å²) in [7, 11) is 0. The van der Waals surface area contributed by atoms with Crippen molar-refractivity contribution in [1.82, 2.24) is 19.9 Å². The third kappa shape index (κ3) is 7.84. The second kappa shape index (κ2) is 18.2. The Kier molecular flexibility index (Phi) is 12.7. The highest BCUT2D eigenvalue weighted by molar-refractivity contribution is 6.00. The van der Waals surface area contributed by atoms with Gasteiger partial charge in [-0.05, 0) is 88.6 Å². The van der Waals surface area contributed by atoms with Gasteiger partial charge in [-0.2, -0.15) is 0 Å². The summed E-state index contributed by atoms with van der Waals surface area (Å²) in [6.07, 6.45) is 2.96. The number of hydrogen-bond donors (Lipinski definition) is 6. The van der Waals surface area contributed by atoms with Crippen LogP contribution in [0.5, 0.6) is 0 Å². The zero-order valence-electron chi connectivity index (χ0n) is 37.0. The maximum atomic E-state index is 16.6. The monoisotopic (exact) mass is 955 g/mol. The highest BCUT2D eigenvalue weighted by Gasteiger charge is 2.34. The summed E-state index contributed by atoms with van der Waals surface area (Å²) in [6.45, 7) is 9.49. The number of rotatable bonds is 12. The molecule has 0 aliphatic carbocycles. The number of hydrogen-bond acceptors (Lipinski definition) is 4. The van der Waals surface area contributed by atoms with Crippen molar-refractivity contribution in [2.24, 2.45) is 0 Å². The predicted octanol–water partition coefficient (Wildman–Crippen LogP) is 15.0. The van der Waals surface area contributed by atoms with Crippen LogP contribution in [0.3, 0.4) is 0 Å². The molecule has 7 aromatic rings. The van der Waals surface area contributed by atoms with Crippen molar-refractivity contribution in [3.63, 3.8) is 0 Å². The molecule has 0 amide bonds. The molecular formula is C49H41F12N7. The Balaban J connectivity index is 1.57. The van der Waals surface area contributed by atoms with E-state index in [1.807, 2.05) is 0 Å². The van der Waals surface area contributed by atoms with Crippen molar-refractivity contribution < 1.29 is 52.7 Å². The molecular weight excluding hydrogens is 915 g/mol. The molecule has 0 saturated heterocycles. The lowest BCUT2D eigenvalue weighted by molar-refractivity contribution is 0.461. The van der Waals surface area contributed by atoms with Crippen LogP contribution < -0.4 is 16.0 Å². The molecule has 4 aromatic heterocycles. The summed E-state index contributed by atoms with van der Waals surface area (Å²) in [5.74, 6) is -22.3. The third-order valence-electron chi connectivity index (χ3n) is 12.1. The van der Waals surface area contributed by atoms with Gasteiger partial charge in [0.25, 0.3) is 0 Å². The number of nitrogens with zero attached hydrogens (tertiary/aromatic N) is 1. The molecule has 5 heterocycles. The van der Waals surface area contributed by atoms with Gasteiger partial charge in [0.15, 0.2) is 69.8 Å². The molecule has 0 spiro atoms. The lowest BCUT2D eigenvalue weighted by Crippen LogP contribution is -2.18. The van der Waals surface area contributed by atoms with E-state index in [2.05, 4.69) is 35.9 Å². The minimum absolute atomic E-state index is 0.0774. The largest absolute Gasteiger partial charge is 0.378 e. The van der Waals surface area contributed by atoms with Crippen molar-refractivity contribution in [1.29, 1.82) is 0 Å². The maximum absolute atomic E-state index is 16.6. The van der Waals surface area contributed by atoms with Gasteiger partial charge in [-0.1, -0.05) is 20.8 Å². The van der Waals surface area contributed by atoms with E-state index >= 15 is 52.7 Å². The Labute approximate surface area is 380 Å². The molecule has 8 bridgehead atoms. The molecule has 19 heteroatoms. The van der Waals surface area contributed by atoms with Crippen LogP contribution in [0.2, 0.25) is 0 Å². The SMILES string of the molecule is CCC(C)Nc1c(F)c(F)c(-c2c3nc(c(-c4c(F)c(F)c(NC(C)CC)c(F)c4F)c4ccc([nH]4)c4ccc([nH]4)c(-c4c(F)c(F)c(NC(C)CC)c(F)c4F)c4ccc2[nH]4)C=C3)c(F)c1F. The van der Waals surface area contributed by atoms with Gasteiger partial charge < -0.3 is 30.9 Å². The van der Waals surface area contributed by atoms with Gasteiger partial charge in [-0.15, -0.1) is 0 Å². The van der Waals surface area contributed by atoms with Crippen LogP contribution >= 0.6 is 0 Å². The van der Waals surface area contributed by atoms with E-state index in [-0.39, 0.29) is 34.0 Å². The van der Waals surface area contributed by atoms with Gasteiger partial charge in [-0.25, -0.2) is 57.7 Å². The topological polar surface area (TPSA) is 96.3 Å². The Morgan fingerprint density at radius 2 is 0.588 bits per heavy atom. The quantitative estimate of drug-likeness (QED) is 0.0543. The number of fused-ring (bicyclic) bond motifs is 9. The average molecular weight is 956 g/mol. The van der Waals surface area contributed by atoms with Crippen LogP contribution in [0.4, 0.5) is 69.7 Å². The molecule has 0 saturated carbocycles. The van der Waals surface area contributed by atoms with Gasteiger partial charge in [-0.3, -0.25) is 0 Å². The van der Waals surface area contributed by atoms with E-state index in [1.54, 1.807) is 20.8 Å². The molecule has 356 valence electrons. The van der Waals surface area contributed by atoms with E-state index in [4.69, 9.17) is 0 Å². The summed E-state index contributed by atoms with van der Waals surface area (Å²) >= 11 is 0. The second-order valence-electron chi connectivity index (χ2n) is 16.6. The van der Waals surface area contributed by atoms with Crippen LogP contribution in [0.15, 0.2) is 36.4 Å². The molecule has 0 fully saturated rings. The lowest BCUT2D eigenvalue weighted by Gasteiger charge is -2.18. The minimum Gasteiger partial charge on any atom is -0.378 e. The molecule has 1 aliphatic rings. The van der Waals surface area contributed by atoms with Crippen molar-refractivity contribution in [3.8, 4) is 33.4 Å². The molecule has 6 N–H and O–H groups in total. The third-order valence-corrected chi connectivity index (χ3v) is 12.1. The number of aromatic amines is 3. The fraction of sp³-hybridized carbons (Fsp3) is 0.245. The maximum Gasteiger partial charge on any atom is 0.185 e. The molecule has 0 radical (unpaired) electrons. The van der Waals surface area contributed by atoms with Gasteiger partial charge in [0, 0.05) is 56.9 Å². The summed E-state index contributed by atoms with van der Waals surface area (Å²) < 4.78 is 195. The lowest BCUT2D eigenvalue weighted by atomic mass is 10.00. The average Bonchev–Trinajstić information content (AvgIpc) is 4.18. The zero-order valence-corrected chi connectivity index (χ0v) is 37.0. The zero-order chi connectivity index (χ0) is 49.2. The molecule has 7 nitrogen and oxygen atoms in total. The molecule has 3 unspecified atom stereocenters. The van der Waals surface area contributed by atoms with Crippen molar-refractivity contribution >= 4 is 62.3 Å². The molecule has 1 aliphatic heterocycles. The summed E-state index contributed by atoms with van der Waals surface area (Å²) in [6, 6.07) is 5.36. The van der Waals surface area contributed by atoms with Crippen LogP contribution in [-0.2, 0) is 0 Å². The molecule has 3 aromatic carbocycles. The van der Waals surface area contributed by atoms with Gasteiger partial charge in [0.05, 0.1) is 39.1 Å². The van der Waals surface area contributed by atoms with Crippen LogP contribution in [0.1, 0.15) is 72.2 Å². The second-order valence-corrected chi connectivity index (χ2v) is 16.6. The number of halogens is 12. The van der Waals surface area contributed by atoms with E-state index in [0.717, 1.165) is 24.3 Å². The molecule has 3 atom stereocenters. The van der Waals surface area contributed by atoms with Crippen LogP contribution in [0, 0.1) is 69.8 Å². The standard InChI is InChI=1S/C49H41F12N7/c1-7-18(4)62-47-41(56)35(50)32(36(51)42(47)57)29-23-12-10-21(65-23)22-11-13-24(66-22)30(33-37(52)43(58)48(44(59)38(33)53)63-19(5)8-2)26-15-17-28(68-26)31(27-16-14-25(29)67-27)34-39(54)45(60)49(46(61)40(34)55)64-20(6)9-3/h10-20,62-67H,7-9H2,1-6H3. The fourth-order valence-electron chi connectivity index (χ4n) is 7.92. The van der Waals surface area contributed by atoms with Crippen LogP contribution in [0.25, 0.3) is 78.6 Å². The Hall–Kier alpha value is -7.05. The first-order valence-electron chi connectivity index (χ1n) is 21.6. The number of benzene rings is 3. The summed E-state index contributed by atoms with van der Waals surface area (Å²) in [5, 5.41) is 7.22. The first-order valence-corrected chi connectivity index (χ1v) is 21.6. The van der Waals surface area contributed by atoms with E-state index in [0.29, 0.717) is 12.8 Å². The van der Waals surface area contributed by atoms with Gasteiger partial charge in [0.2, 0.25) is 0 Å². The highest BCUT2D eigenvalue weighted by Crippen LogP contribution is 2.44. The van der Waals surface area contributed by atoms with Crippen molar-refractivity contribution in [2.45, 2.75) is 78.9 Å². The Morgan fingerprint density at radius 1 is 0.353 bits per heavy atom. The van der Waals surface area contributed by atoms with Crippen molar-refractivity contribution in [3.05, 3.63) is 118 Å². The Bertz CT molecular complexity index is 3250. The number of nitrogens with one attached hydrogen (secondary N) is 6. The predicted molar refractivity (Wildman–Crippen MR) is 241 cm³/mol. The summed E-state index contributed by atoms with van der Waals surface area (Å²) in [5.41, 5.74) is -11.5. The van der Waals surface area contributed by atoms with Gasteiger partial charge >= 0.3 is 0 Å². The number of anilines is 3. The van der Waals surface area contributed by atoms with Gasteiger partial charge in [0.1, 0.15) is 17.1 Å². The molecule has 68 heavy (non-hydrogen) atoms. The minimum atomic E-state index is -1.96. The molecule has 8 rings (SSSR count). The van der Waals surface area contributed by atoms with E-state index in [1.165, 1.54) is 45.0 Å².